The molecule has 21 heavy (non-hydrogen) atoms. The van der Waals surface area contributed by atoms with Crippen molar-refractivity contribution in [1.29, 1.82) is 0 Å². The van der Waals surface area contributed by atoms with Crippen LogP contribution in [-0.4, -0.2) is 23.5 Å². The first-order chi connectivity index (χ1) is 9.63. The Morgan fingerprint density at radius 3 is 2.57 bits per heavy atom. The third-order valence-electron chi connectivity index (χ3n) is 3.82. The molecule has 0 aromatic carbocycles. The highest BCUT2D eigenvalue weighted by atomic mass is 32.1. The molecule has 1 amide bonds. The van der Waals surface area contributed by atoms with Crippen molar-refractivity contribution in [3.63, 3.8) is 0 Å². The van der Waals surface area contributed by atoms with E-state index < -0.39 is 5.97 Å². The van der Waals surface area contributed by atoms with Crippen LogP contribution in [0.15, 0.2) is 12.1 Å². The molecule has 1 heterocycles. The molecule has 0 spiro atoms. The molecular formula is C16H23NO3S. The number of hydrogen-bond acceptors (Lipinski definition) is 3. The molecule has 0 atom stereocenters. The van der Waals surface area contributed by atoms with E-state index >= 15 is 0 Å². The van der Waals surface area contributed by atoms with E-state index in [1.165, 1.54) is 17.4 Å². The minimum Gasteiger partial charge on any atom is -0.478 e. The van der Waals surface area contributed by atoms with Crippen molar-refractivity contribution in [2.75, 3.05) is 6.54 Å². The topological polar surface area (TPSA) is 66.4 Å². The van der Waals surface area contributed by atoms with Crippen LogP contribution in [0.25, 0.3) is 6.08 Å². The van der Waals surface area contributed by atoms with Gasteiger partial charge in [0, 0.05) is 17.5 Å². The highest BCUT2D eigenvalue weighted by molar-refractivity contribution is 7.15. The summed E-state index contributed by atoms with van der Waals surface area (Å²) in [7, 11) is 0. The third-order valence-corrected chi connectivity index (χ3v) is 5.03. The van der Waals surface area contributed by atoms with Crippen molar-refractivity contribution in [3.05, 3.63) is 27.5 Å². The summed E-state index contributed by atoms with van der Waals surface area (Å²) in [6.07, 6.45) is 2.61. The van der Waals surface area contributed by atoms with Gasteiger partial charge in [-0.1, -0.05) is 27.7 Å². The average Bonchev–Trinajstić information content (AvgIpc) is 2.75. The van der Waals surface area contributed by atoms with Crippen molar-refractivity contribution in [1.82, 2.24) is 5.32 Å². The summed E-state index contributed by atoms with van der Waals surface area (Å²) < 4.78 is 0. The molecule has 0 aliphatic heterocycles. The molecule has 0 saturated heterocycles. The maximum atomic E-state index is 12.2. The number of thiophene rings is 1. The fourth-order valence-electron chi connectivity index (χ4n) is 1.52. The number of carboxylic acids is 1. The van der Waals surface area contributed by atoms with Gasteiger partial charge in [-0.25, -0.2) is 4.79 Å². The minimum atomic E-state index is -0.993. The lowest BCUT2D eigenvalue weighted by molar-refractivity contribution is -0.131. The van der Waals surface area contributed by atoms with Crippen LogP contribution in [-0.2, 0) is 4.79 Å². The zero-order chi connectivity index (χ0) is 16.2. The molecule has 1 aromatic rings. The van der Waals surface area contributed by atoms with Crippen LogP contribution in [0.4, 0.5) is 0 Å². The van der Waals surface area contributed by atoms with E-state index in [1.807, 2.05) is 6.92 Å². The lowest BCUT2D eigenvalue weighted by atomic mass is 9.81. The van der Waals surface area contributed by atoms with Crippen molar-refractivity contribution in [3.8, 4) is 0 Å². The summed E-state index contributed by atoms with van der Waals surface area (Å²) in [6, 6.07) is 1.80. The summed E-state index contributed by atoms with van der Waals surface area (Å²) in [4.78, 5) is 24.1. The van der Waals surface area contributed by atoms with Crippen molar-refractivity contribution in [2.24, 2.45) is 11.3 Å². The first kappa shape index (κ1) is 17.4. The third kappa shape index (κ3) is 5.01. The normalized spacial score (nSPS) is 12.1. The maximum absolute atomic E-state index is 12.2. The second kappa shape index (κ2) is 6.89. The van der Waals surface area contributed by atoms with E-state index in [0.29, 0.717) is 17.3 Å². The van der Waals surface area contributed by atoms with Gasteiger partial charge in [-0.05, 0) is 36.0 Å². The number of nitrogens with one attached hydrogen (secondary N) is 1. The van der Waals surface area contributed by atoms with Crippen LogP contribution in [0.1, 0.15) is 47.8 Å². The standard InChI is InChI=1S/C16H23NO3S/c1-10(2)16(4,5)9-17-15(20)13-8-11(3)12(21-13)6-7-14(18)19/h6-8,10H,9H2,1-5H3,(H,17,20)(H,18,19)/b7-6+. The largest absolute Gasteiger partial charge is 0.478 e. The first-order valence-corrected chi connectivity index (χ1v) is 7.75. The van der Waals surface area contributed by atoms with Gasteiger partial charge in [0.2, 0.25) is 0 Å². The van der Waals surface area contributed by atoms with Gasteiger partial charge in [0.1, 0.15) is 0 Å². The number of rotatable bonds is 6. The number of aliphatic carboxylic acids is 1. The number of amides is 1. The van der Waals surface area contributed by atoms with Gasteiger partial charge < -0.3 is 10.4 Å². The molecular weight excluding hydrogens is 286 g/mol. The summed E-state index contributed by atoms with van der Waals surface area (Å²) in [6.45, 7) is 11.0. The molecule has 1 aromatic heterocycles. The second-order valence-corrected chi connectivity index (χ2v) is 7.24. The number of carbonyl (C=O) groups excluding carboxylic acids is 1. The molecule has 0 radical (unpaired) electrons. The van der Waals surface area contributed by atoms with Gasteiger partial charge in [0.15, 0.2) is 0 Å². The Hall–Kier alpha value is -1.62. The van der Waals surface area contributed by atoms with E-state index in [1.54, 1.807) is 6.07 Å². The molecule has 5 heteroatoms. The van der Waals surface area contributed by atoms with Crippen molar-refractivity contribution >= 4 is 29.3 Å². The summed E-state index contributed by atoms with van der Waals surface area (Å²) >= 11 is 1.31. The number of hydrogen-bond donors (Lipinski definition) is 2. The smallest absolute Gasteiger partial charge is 0.328 e. The van der Waals surface area contributed by atoms with Gasteiger partial charge in [-0.2, -0.15) is 0 Å². The highest BCUT2D eigenvalue weighted by Crippen LogP contribution is 2.26. The Labute approximate surface area is 129 Å². The number of aryl methyl sites for hydroxylation is 1. The molecule has 0 aliphatic rings. The average molecular weight is 309 g/mol. The highest BCUT2D eigenvalue weighted by Gasteiger charge is 2.23. The summed E-state index contributed by atoms with van der Waals surface area (Å²) in [5, 5.41) is 11.6. The molecule has 0 aliphatic carbocycles. The summed E-state index contributed by atoms with van der Waals surface area (Å²) in [5.41, 5.74) is 0.944. The van der Waals surface area contributed by atoms with Gasteiger partial charge in [0.05, 0.1) is 4.88 Å². The van der Waals surface area contributed by atoms with Crippen LogP contribution in [0.5, 0.6) is 0 Å². The van der Waals surface area contributed by atoms with Gasteiger partial charge in [0.25, 0.3) is 5.91 Å². The lowest BCUT2D eigenvalue weighted by Crippen LogP contribution is -2.36. The minimum absolute atomic E-state index is 0.0357. The van der Waals surface area contributed by atoms with Crippen molar-refractivity contribution < 1.29 is 14.7 Å². The van der Waals surface area contributed by atoms with Crippen LogP contribution in [0.2, 0.25) is 0 Å². The molecule has 0 saturated carbocycles. The van der Waals surface area contributed by atoms with E-state index in [0.717, 1.165) is 16.5 Å². The first-order valence-electron chi connectivity index (χ1n) is 6.93. The van der Waals surface area contributed by atoms with E-state index in [4.69, 9.17) is 5.11 Å². The van der Waals surface area contributed by atoms with Crippen LogP contribution < -0.4 is 5.32 Å². The van der Waals surface area contributed by atoms with E-state index in [9.17, 15) is 9.59 Å². The van der Waals surface area contributed by atoms with Crippen molar-refractivity contribution in [2.45, 2.75) is 34.6 Å². The predicted octanol–water partition coefficient (Wildman–Crippen LogP) is 3.57. The van der Waals surface area contributed by atoms with Crippen LogP contribution in [0, 0.1) is 18.3 Å². The number of carbonyl (C=O) groups is 2. The predicted molar refractivity (Wildman–Crippen MR) is 86.7 cm³/mol. The Bertz CT molecular complexity index is 556. The molecule has 1 rings (SSSR count). The fourth-order valence-corrected chi connectivity index (χ4v) is 2.51. The van der Waals surface area contributed by atoms with Gasteiger partial charge in [-0.15, -0.1) is 11.3 Å². The van der Waals surface area contributed by atoms with Gasteiger partial charge in [-0.3, -0.25) is 4.79 Å². The lowest BCUT2D eigenvalue weighted by Gasteiger charge is -2.29. The maximum Gasteiger partial charge on any atom is 0.328 e. The quantitative estimate of drug-likeness (QED) is 0.790. The SMILES string of the molecule is Cc1cc(C(=O)NCC(C)(C)C(C)C)sc1/C=C/C(=O)O. The van der Waals surface area contributed by atoms with Crippen LogP contribution in [0.3, 0.4) is 0 Å². The van der Waals surface area contributed by atoms with Gasteiger partial charge >= 0.3 is 5.97 Å². The zero-order valence-electron chi connectivity index (χ0n) is 13.2. The van der Waals surface area contributed by atoms with E-state index in [2.05, 4.69) is 33.0 Å². The van der Waals surface area contributed by atoms with E-state index in [-0.39, 0.29) is 11.3 Å². The molecule has 0 unspecified atom stereocenters. The Morgan fingerprint density at radius 1 is 1.43 bits per heavy atom. The fraction of sp³-hybridized carbons (Fsp3) is 0.500. The Kier molecular flexibility index (Phi) is 5.72. The monoisotopic (exact) mass is 309 g/mol. The zero-order valence-corrected chi connectivity index (χ0v) is 14.0. The summed E-state index contributed by atoms with van der Waals surface area (Å²) in [5.74, 6) is -0.629. The Morgan fingerprint density at radius 2 is 2.05 bits per heavy atom. The van der Waals surface area contributed by atoms with Crippen LogP contribution >= 0.6 is 11.3 Å². The number of carboxylic acid groups (broad SMARTS) is 1. The molecule has 2 N–H and O–H groups in total. The molecule has 0 bridgehead atoms. The Balaban J connectivity index is 2.76. The molecule has 0 fully saturated rings. The second-order valence-electron chi connectivity index (χ2n) is 6.16. The molecule has 116 valence electrons. The molecule has 4 nitrogen and oxygen atoms in total.